The molecular weight excluding hydrogens is 262 g/mol. The van der Waals surface area contributed by atoms with Crippen molar-refractivity contribution in [3.05, 3.63) is 41.6 Å². The van der Waals surface area contributed by atoms with Crippen LogP contribution in [0, 0.1) is 12.8 Å². The van der Waals surface area contributed by atoms with E-state index in [0.717, 1.165) is 23.2 Å². The van der Waals surface area contributed by atoms with Crippen LogP contribution in [0.5, 0.6) is 0 Å². The second kappa shape index (κ2) is 7.38. The number of nitrogens with one attached hydrogen (secondary N) is 2. The van der Waals surface area contributed by atoms with Crippen molar-refractivity contribution in [2.45, 2.75) is 39.8 Å². The molecule has 2 unspecified atom stereocenters. The van der Waals surface area contributed by atoms with Crippen molar-refractivity contribution in [2.24, 2.45) is 5.92 Å². The Morgan fingerprint density at radius 2 is 2.00 bits per heavy atom. The topological polar surface area (TPSA) is 60.9 Å². The molecule has 0 spiro atoms. The lowest BCUT2D eigenvalue weighted by Gasteiger charge is -2.17. The Bertz CT molecular complexity index is 547. The van der Waals surface area contributed by atoms with E-state index in [1.807, 2.05) is 6.20 Å². The molecule has 1 heterocycles. The SMILES string of the molecule is CCC(C)C(O)CNCc1cn[nH]c1-c1ccc(C)cc1. The first-order valence-corrected chi connectivity index (χ1v) is 7.59. The number of nitrogens with zero attached hydrogens (tertiary/aromatic N) is 1. The number of aromatic amines is 1. The Balaban J connectivity index is 1.96. The van der Waals surface area contributed by atoms with Crippen molar-refractivity contribution < 1.29 is 5.11 Å². The maximum atomic E-state index is 9.98. The first-order chi connectivity index (χ1) is 10.1. The molecule has 2 aromatic rings. The van der Waals surface area contributed by atoms with Crippen LogP contribution < -0.4 is 5.32 Å². The van der Waals surface area contributed by atoms with Gasteiger partial charge in [-0.05, 0) is 18.4 Å². The van der Waals surface area contributed by atoms with E-state index in [4.69, 9.17) is 0 Å². The fraction of sp³-hybridized carbons (Fsp3) is 0.471. The molecule has 2 atom stereocenters. The van der Waals surface area contributed by atoms with E-state index in [1.54, 1.807) is 0 Å². The van der Waals surface area contributed by atoms with Crippen LogP contribution in [0.2, 0.25) is 0 Å². The lowest BCUT2D eigenvalue weighted by atomic mass is 10.0. The largest absolute Gasteiger partial charge is 0.392 e. The quantitative estimate of drug-likeness (QED) is 0.734. The van der Waals surface area contributed by atoms with Crippen LogP contribution in [0.25, 0.3) is 11.3 Å². The van der Waals surface area contributed by atoms with Gasteiger partial charge in [0.25, 0.3) is 0 Å². The predicted molar refractivity (Wildman–Crippen MR) is 85.9 cm³/mol. The zero-order valence-corrected chi connectivity index (χ0v) is 13.1. The first kappa shape index (κ1) is 15.7. The van der Waals surface area contributed by atoms with Gasteiger partial charge in [-0.3, -0.25) is 5.10 Å². The van der Waals surface area contributed by atoms with E-state index in [1.165, 1.54) is 5.56 Å². The average Bonchev–Trinajstić information content (AvgIpc) is 2.95. The molecule has 0 aliphatic heterocycles. The van der Waals surface area contributed by atoms with Gasteiger partial charge in [0.2, 0.25) is 0 Å². The monoisotopic (exact) mass is 287 g/mol. The van der Waals surface area contributed by atoms with E-state index < -0.39 is 0 Å². The molecule has 0 aliphatic carbocycles. The summed E-state index contributed by atoms with van der Waals surface area (Å²) in [6.45, 7) is 7.55. The minimum Gasteiger partial charge on any atom is -0.392 e. The summed E-state index contributed by atoms with van der Waals surface area (Å²) in [5.74, 6) is 0.318. The number of benzene rings is 1. The fourth-order valence-electron chi connectivity index (χ4n) is 2.24. The summed E-state index contributed by atoms with van der Waals surface area (Å²) in [6.07, 6.45) is 2.53. The summed E-state index contributed by atoms with van der Waals surface area (Å²) in [7, 11) is 0. The molecular formula is C17H25N3O. The van der Waals surface area contributed by atoms with E-state index in [0.29, 0.717) is 19.0 Å². The Labute approximate surface area is 126 Å². The number of hydrogen-bond acceptors (Lipinski definition) is 3. The Morgan fingerprint density at radius 3 is 2.67 bits per heavy atom. The van der Waals surface area contributed by atoms with Crippen LogP contribution in [0.3, 0.4) is 0 Å². The van der Waals surface area contributed by atoms with Crippen LogP contribution in [0.15, 0.2) is 30.5 Å². The average molecular weight is 287 g/mol. The summed E-state index contributed by atoms with van der Waals surface area (Å²) >= 11 is 0. The van der Waals surface area contributed by atoms with E-state index in [2.05, 4.69) is 60.6 Å². The summed E-state index contributed by atoms with van der Waals surface area (Å²) in [4.78, 5) is 0. The summed E-state index contributed by atoms with van der Waals surface area (Å²) < 4.78 is 0. The van der Waals surface area contributed by atoms with Gasteiger partial charge in [-0.1, -0.05) is 50.1 Å². The lowest BCUT2D eigenvalue weighted by molar-refractivity contribution is 0.113. The molecule has 0 saturated heterocycles. The van der Waals surface area contributed by atoms with Gasteiger partial charge in [0.05, 0.1) is 18.0 Å². The molecule has 0 radical (unpaired) electrons. The van der Waals surface area contributed by atoms with E-state index in [-0.39, 0.29) is 6.10 Å². The van der Waals surface area contributed by atoms with Crippen LogP contribution in [0.4, 0.5) is 0 Å². The van der Waals surface area contributed by atoms with E-state index >= 15 is 0 Å². The van der Waals surface area contributed by atoms with Gasteiger partial charge in [-0.25, -0.2) is 0 Å². The molecule has 0 aliphatic rings. The molecule has 2 rings (SSSR count). The van der Waals surface area contributed by atoms with Crippen LogP contribution in [-0.4, -0.2) is 28.0 Å². The zero-order valence-electron chi connectivity index (χ0n) is 13.1. The molecule has 0 fully saturated rings. The van der Waals surface area contributed by atoms with Gasteiger partial charge in [0.15, 0.2) is 0 Å². The van der Waals surface area contributed by atoms with Gasteiger partial charge in [-0.2, -0.15) is 5.10 Å². The fourth-order valence-corrected chi connectivity index (χ4v) is 2.24. The van der Waals surface area contributed by atoms with Gasteiger partial charge in [0.1, 0.15) is 0 Å². The van der Waals surface area contributed by atoms with Gasteiger partial charge >= 0.3 is 0 Å². The normalized spacial score (nSPS) is 14.1. The molecule has 1 aromatic carbocycles. The van der Waals surface area contributed by atoms with Crippen molar-refractivity contribution >= 4 is 0 Å². The molecule has 114 valence electrons. The molecule has 4 heteroatoms. The summed E-state index contributed by atoms with van der Waals surface area (Å²) in [6, 6.07) is 8.39. The molecule has 3 N–H and O–H groups in total. The van der Waals surface area contributed by atoms with Gasteiger partial charge < -0.3 is 10.4 Å². The highest BCUT2D eigenvalue weighted by molar-refractivity contribution is 5.62. The second-order valence-electron chi connectivity index (χ2n) is 5.72. The number of rotatable bonds is 7. The van der Waals surface area contributed by atoms with Crippen molar-refractivity contribution in [2.75, 3.05) is 6.54 Å². The summed E-state index contributed by atoms with van der Waals surface area (Å²) in [5.41, 5.74) is 4.54. The number of H-pyrrole nitrogens is 1. The molecule has 0 amide bonds. The molecule has 0 bridgehead atoms. The second-order valence-corrected chi connectivity index (χ2v) is 5.72. The number of aryl methyl sites for hydroxylation is 1. The Morgan fingerprint density at radius 1 is 1.29 bits per heavy atom. The smallest absolute Gasteiger partial charge is 0.0695 e. The first-order valence-electron chi connectivity index (χ1n) is 7.59. The standard InChI is InChI=1S/C17H25N3O/c1-4-13(3)16(21)11-18-9-15-10-19-20-17(15)14-7-5-12(2)6-8-14/h5-8,10,13,16,18,21H,4,9,11H2,1-3H3,(H,19,20). The van der Waals surface area contributed by atoms with Crippen LogP contribution in [-0.2, 0) is 6.54 Å². The highest BCUT2D eigenvalue weighted by Gasteiger charge is 2.12. The van der Waals surface area contributed by atoms with Crippen LogP contribution >= 0.6 is 0 Å². The maximum Gasteiger partial charge on any atom is 0.0695 e. The number of aromatic nitrogens is 2. The Kier molecular flexibility index (Phi) is 5.53. The Hall–Kier alpha value is -1.65. The third kappa shape index (κ3) is 4.16. The lowest BCUT2D eigenvalue weighted by Crippen LogP contribution is -2.31. The molecule has 0 saturated carbocycles. The zero-order chi connectivity index (χ0) is 15.2. The van der Waals surface area contributed by atoms with Crippen LogP contribution in [0.1, 0.15) is 31.4 Å². The highest BCUT2D eigenvalue weighted by atomic mass is 16.3. The summed E-state index contributed by atoms with van der Waals surface area (Å²) in [5, 5.41) is 20.5. The van der Waals surface area contributed by atoms with Crippen molar-refractivity contribution in [3.63, 3.8) is 0 Å². The minimum atomic E-state index is -0.301. The predicted octanol–water partition coefficient (Wildman–Crippen LogP) is 2.88. The minimum absolute atomic E-state index is 0.301. The van der Waals surface area contributed by atoms with Gasteiger partial charge in [-0.15, -0.1) is 0 Å². The van der Waals surface area contributed by atoms with Crippen molar-refractivity contribution in [1.29, 1.82) is 0 Å². The highest BCUT2D eigenvalue weighted by Crippen LogP contribution is 2.21. The van der Waals surface area contributed by atoms with E-state index in [9.17, 15) is 5.11 Å². The third-order valence-electron chi connectivity index (χ3n) is 4.03. The molecule has 4 nitrogen and oxygen atoms in total. The number of hydrogen-bond donors (Lipinski definition) is 3. The van der Waals surface area contributed by atoms with Crippen molar-refractivity contribution in [1.82, 2.24) is 15.5 Å². The molecule has 21 heavy (non-hydrogen) atoms. The number of aliphatic hydroxyl groups is 1. The molecule has 1 aromatic heterocycles. The number of aliphatic hydroxyl groups excluding tert-OH is 1. The van der Waals surface area contributed by atoms with Gasteiger partial charge in [0, 0.05) is 18.7 Å². The van der Waals surface area contributed by atoms with Crippen molar-refractivity contribution in [3.8, 4) is 11.3 Å². The third-order valence-corrected chi connectivity index (χ3v) is 4.03. The maximum absolute atomic E-state index is 9.98.